The van der Waals surface area contributed by atoms with Crippen LogP contribution in [0.15, 0.2) is 18.2 Å². The fraction of sp³-hybridized carbons (Fsp3) is 0.600. The number of aliphatic hydroxyl groups is 1. The number of hydrogen-bond donors (Lipinski definition) is 1. The van der Waals surface area contributed by atoms with Gasteiger partial charge in [0.1, 0.15) is 0 Å². The second kappa shape index (κ2) is 4.21. The lowest BCUT2D eigenvalue weighted by Gasteiger charge is -2.36. The van der Waals surface area contributed by atoms with Crippen LogP contribution >= 0.6 is 0 Å². The normalized spacial score (nSPS) is 29.2. The molecule has 2 rings (SSSR count). The molecule has 0 amide bonds. The highest BCUT2D eigenvalue weighted by atomic mass is 16.3. The maximum atomic E-state index is 10.1. The van der Waals surface area contributed by atoms with Crippen LogP contribution in [0.3, 0.4) is 0 Å². The molecule has 1 heteroatoms. The number of aryl methyl sites for hydroxylation is 1. The summed E-state index contributed by atoms with van der Waals surface area (Å²) in [6, 6.07) is 6.67. The maximum absolute atomic E-state index is 10.1. The number of hydrogen-bond acceptors (Lipinski definition) is 1. The van der Waals surface area contributed by atoms with E-state index in [4.69, 9.17) is 0 Å². The number of fused-ring (bicyclic) bond motifs is 1. The topological polar surface area (TPSA) is 20.2 Å². The molecule has 16 heavy (non-hydrogen) atoms. The standard InChI is InChI=1S/C15H22O/c1-9(2)13-8-15(16)11(4)12-6-5-10(3)7-14(12)13/h5-7,9,11,13,15-16H,8H2,1-4H3/t11-,13+,15+/m1/s1. The van der Waals surface area contributed by atoms with E-state index in [1.807, 2.05) is 0 Å². The van der Waals surface area contributed by atoms with E-state index >= 15 is 0 Å². The monoisotopic (exact) mass is 218 g/mol. The van der Waals surface area contributed by atoms with Gasteiger partial charge in [0.2, 0.25) is 0 Å². The fourth-order valence-corrected chi connectivity index (χ4v) is 2.86. The highest BCUT2D eigenvalue weighted by Gasteiger charge is 2.32. The Morgan fingerprint density at radius 2 is 1.94 bits per heavy atom. The molecule has 0 saturated carbocycles. The van der Waals surface area contributed by atoms with E-state index in [1.54, 1.807) is 0 Å². The molecule has 0 heterocycles. The van der Waals surface area contributed by atoms with E-state index in [9.17, 15) is 5.11 Å². The van der Waals surface area contributed by atoms with Crippen molar-refractivity contribution in [2.45, 2.75) is 52.1 Å². The minimum absolute atomic E-state index is 0.178. The SMILES string of the molecule is Cc1ccc2c(c1)[C@H](C(C)C)C[C@H](O)[C@@H]2C. The van der Waals surface area contributed by atoms with Crippen molar-refractivity contribution in [1.82, 2.24) is 0 Å². The van der Waals surface area contributed by atoms with Crippen LogP contribution < -0.4 is 0 Å². The average molecular weight is 218 g/mol. The summed E-state index contributed by atoms with van der Waals surface area (Å²) in [4.78, 5) is 0. The van der Waals surface area contributed by atoms with E-state index in [0.29, 0.717) is 11.8 Å². The molecular weight excluding hydrogens is 196 g/mol. The van der Waals surface area contributed by atoms with E-state index in [-0.39, 0.29) is 12.0 Å². The third-order valence-corrected chi connectivity index (χ3v) is 4.01. The molecule has 3 atom stereocenters. The minimum atomic E-state index is -0.178. The third kappa shape index (κ3) is 1.89. The molecule has 1 aliphatic carbocycles. The predicted molar refractivity (Wildman–Crippen MR) is 67.8 cm³/mol. The third-order valence-electron chi connectivity index (χ3n) is 4.01. The summed E-state index contributed by atoms with van der Waals surface area (Å²) < 4.78 is 0. The zero-order valence-electron chi connectivity index (χ0n) is 10.7. The van der Waals surface area contributed by atoms with Gasteiger partial charge in [0.15, 0.2) is 0 Å². The molecule has 0 spiro atoms. The second-order valence-corrected chi connectivity index (χ2v) is 5.57. The van der Waals surface area contributed by atoms with Crippen LogP contribution in [-0.2, 0) is 0 Å². The molecule has 1 aliphatic rings. The summed E-state index contributed by atoms with van der Waals surface area (Å²) in [5.74, 6) is 1.40. The summed E-state index contributed by atoms with van der Waals surface area (Å²) in [6.07, 6.45) is 0.734. The highest BCUT2D eigenvalue weighted by molar-refractivity contribution is 5.39. The number of benzene rings is 1. The van der Waals surface area contributed by atoms with E-state index in [2.05, 4.69) is 45.9 Å². The zero-order chi connectivity index (χ0) is 11.9. The molecule has 0 saturated heterocycles. The lowest BCUT2D eigenvalue weighted by molar-refractivity contribution is 0.113. The molecular formula is C15H22O. The van der Waals surface area contributed by atoms with E-state index in [1.165, 1.54) is 16.7 Å². The Labute approximate surface area is 98.5 Å². The largest absolute Gasteiger partial charge is 0.392 e. The van der Waals surface area contributed by atoms with Crippen LogP contribution in [0.25, 0.3) is 0 Å². The van der Waals surface area contributed by atoms with Gasteiger partial charge in [0, 0.05) is 5.92 Å². The first-order valence-corrected chi connectivity index (χ1v) is 6.29. The Morgan fingerprint density at radius 1 is 1.25 bits per heavy atom. The molecule has 88 valence electrons. The van der Waals surface area contributed by atoms with Gasteiger partial charge in [-0.2, -0.15) is 0 Å². The van der Waals surface area contributed by atoms with Gasteiger partial charge >= 0.3 is 0 Å². The van der Waals surface area contributed by atoms with Crippen LogP contribution in [0, 0.1) is 12.8 Å². The lowest BCUT2D eigenvalue weighted by Crippen LogP contribution is -2.28. The molecule has 0 aliphatic heterocycles. The molecule has 0 radical (unpaired) electrons. The van der Waals surface area contributed by atoms with Crippen LogP contribution in [0.4, 0.5) is 0 Å². The van der Waals surface area contributed by atoms with Crippen molar-refractivity contribution < 1.29 is 5.11 Å². The minimum Gasteiger partial charge on any atom is -0.392 e. The quantitative estimate of drug-likeness (QED) is 0.763. The summed E-state index contributed by atoms with van der Waals surface area (Å²) in [6.45, 7) is 8.78. The van der Waals surface area contributed by atoms with E-state index < -0.39 is 0 Å². The fourth-order valence-electron chi connectivity index (χ4n) is 2.86. The molecule has 0 bridgehead atoms. The van der Waals surface area contributed by atoms with Crippen molar-refractivity contribution in [2.24, 2.45) is 5.92 Å². The zero-order valence-corrected chi connectivity index (χ0v) is 10.7. The van der Waals surface area contributed by atoms with Crippen LogP contribution in [0.1, 0.15) is 55.7 Å². The van der Waals surface area contributed by atoms with Crippen molar-refractivity contribution in [2.75, 3.05) is 0 Å². The van der Waals surface area contributed by atoms with Gasteiger partial charge < -0.3 is 5.11 Å². The average Bonchev–Trinajstić information content (AvgIpc) is 2.22. The first-order chi connectivity index (χ1) is 7.50. The van der Waals surface area contributed by atoms with Crippen LogP contribution in [0.2, 0.25) is 0 Å². The molecule has 1 N–H and O–H groups in total. The van der Waals surface area contributed by atoms with Gasteiger partial charge in [-0.1, -0.05) is 44.5 Å². The summed E-state index contributed by atoms with van der Waals surface area (Å²) >= 11 is 0. The van der Waals surface area contributed by atoms with Crippen LogP contribution in [-0.4, -0.2) is 11.2 Å². The van der Waals surface area contributed by atoms with Crippen molar-refractivity contribution >= 4 is 0 Å². The maximum Gasteiger partial charge on any atom is 0.0612 e. The molecule has 1 aromatic carbocycles. The second-order valence-electron chi connectivity index (χ2n) is 5.57. The van der Waals surface area contributed by atoms with Gasteiger partial charge in [-0.05, 0) is 36.3 Å². The Kier molecular flexibility index (Phi) is 3.07. The van der Waals surface area contributed by atoms with E-state index in [0.717, 1.165) is 6.42 Å². The highest BCUT2D eigenvalue weighted by Crippen LogP contribution is 2.42. The van der Waals surface area contributed by atoms with Gasteiger partial charge in [-0.3, -0.25) is 0 Å². The summed E-state index contributed by atoms with van der Waals surface area (Å²) in [5.41, 5.74) is 4.14. The Bertz CT molecular complexity index is 381. The number of aliphatic hydroxyl groups excluding tert-OH is 1. The molecule has 1 aromatic rings. The van der Waals surface area contributed by atoms with Gasteiger partial charge in [0.25, 0.3) is 0 Å². The Hall–Kier alpha value is -0.820. The summed E-state index contributed by atoms with van der Waals surface area (Å²) in [5, 5.41) is 10.1. The smallest absolute Gasteiger partial charge is 0.0612 e. The Morgan fingerprint density at radius 3 is 2.56 bits per heavy atom. The molecule has 1 nitrogen and oxygen atoms in total. The van der Waals surface area contributed by atoms with Crippen LogP contribution in [0.5, 0.6) is 0 Å². The number of rotatable bonds is 1. The predicted octanol–water partition coefficient (Wildman–Crippen LogP) is 3.60. The van der Waals surface area contributed by atoms with Gasteiger partial charge in [-0.25, -0.2) is 0 Å². The van der Waals surface area contributed by atoms with Crippen molar-refractivity contribution in [3.05, 3.63) is 34.9 Å². The first-order valence-electron chi connectivity index (χ1n) is 6.29. The molecule has 0 unspecified atom stereocenters. The Balaban J connectivity index is 2.50. The summed E-state index contributed by atoms with van der Waals surface area (Å²) in [7, 11) is 0. The first kappa shape index (κ1) is 11.7. The van der Waals surface area contributed by atoms with Crippen molar-refractivity contribution in [3.63, 3.8) is 0 Å². The lowest BCUT2D eigenvalue weighted by atomic mass is 9.71. The molecule has 0 fully saturated rings. The van der Waals surface area contributed by atoms with Gasteiger partial charge in [0.05, 0.1) is 6.10 Å². The van der Waals surface area contributed by atoms with Gasteiger partial charge in [-0.15, -0.1) is 0 Å². The van der Waals surface area contributed by atoms with Crippen molar-refractivity contribution in [1.29, 1.82) is 0 Å². The van der Waals surface area contributed by atoms with Crippen molar-refractivity contribution in [3.8, 4) is 0 Å². The molecule has 0 aromatic heterocycles.